The van der Waals surface area contributed by atoms with Crippen molar-refractivity contribution in [1.82, 2.24) is 0 Å². The Morgan fingerprint density at radius 1 is 0.667 bits per heavy atom. The van der Waals surface area contributed by atoms with Crippen LogP contribution in [0.5, 0.6) is 0 Å². The molecule has 1 fully saturated rings. The molecule has 18 heavy (non-hydrogen) atoms. The van der Waals surface area contributed by atoms with E-state index in [1.165, 1.54) is 0 Å². The summed E-state index contributed by atoms with van der Waals surface area (Å²) in [7, 11) is -3.59. The van der Waals surface area contributed by atoms with Crippen LogP contribution in [0.15, 0.2) is 0 Å². The molecule has 1 aliphatic rings. The van der Waals surface area contributed by atoms with E-state index in [0.29, 0.717) is 19.8 Å². The second-order valence-electron chi connectivity index (χ2n) is 4.45. The van der Waals surface area contributed by atoms with Crippen LogP contribution in [0.4, 0.5) is 0 Å². The minimum absolute atomic E-state index is 0.548. The molecule has 1 saturated heterocycles. The van der Waals surface area contributed by atoms with Gasteiger partial charge in [-0.15, -0.1) is 0 Å². The van der Waals surface area contributed by atoms with Gasteiger partial charge in [0.25, 0.3) is 0 Å². The predicted molar refractivity (Wildman–Crippen MR) is 71.7 cm³/mol. The van der Waals surface area contributed by atoms with Gasteiger partial charge in [-0.25, -0.2) is 0 Å². The third-order valence-corrected chi connectivity index (χ3v) is 4.98. The molecule has 0 saturated carbocycles. The molecule has 0 aromatic rings. The van der Waals surface area contributed by atoms with Gasteiger partial charge in [0.2, 0.25) is 0 Å². The summed E-state index contributed by atoms with van der Waals surface area (Å²) < 4.78 is 27.3. The first-order valence-corrected chi connectivity index (χ1v) is 8.89. The molecule has 5 nitrogen and oxygen atoms in total. The average Bonchev–Trinajstić information content (AvgIpc) is 3.07. The van der Waals surface area contributed by atoms with Crippen molar-refractivity contribution >= 4 is 7.74 Å². The van der Waals surface area contributed by atoms with E-state index >= 15 is 0 Å². The van der Waals surface area contributed by atoms with E-state index in [9.17, 15) is 0 Å². The molecule has 0 N–H and O–H groups in total. The van der Waals surface area contributed by atoms with Crippen molar-refractivity contribution in [2.75, 3.05) is 19.8 Å². The molecule has 0 aliphatic carbocycles. The Hall–Kier alpha value is 0.230. The zero-order valence-electron chi connectivity index (χ0n) is 11.9. The quantitative estimate of drug-likeness (QED) is 0.228. The van der Waals surface area contributed by atoms with Crippen molar-refractivity contribution < 1.29 is 22.9 Å². The number of rotatable bonds is 12. The summed E-state index contributed by atoms with van der Waals surface area (Å²) in [5, 5.41) is 0. The molecule has 0 bridgehead atoms. The normalized spacial score (nSPS) is 22.3. The van der Waals surface area contributed by atoms with Crippen molar-refractivity contribution in [3.63, 3.8) is 0 Å². The zero-order chi connectivity index (χ0) is 13.3. The van der Waals surface area contributed by atoms with Gasteiger partial charge < -0.3 is 0 Å². The topological polar surface area (TPSA) is 52.8 Å². The van der Waals surface area contributed by atoms with Crippen LogP contribution in [0.2, 0.25) is 0 Å². The maximum atomic E-state index is 5.70. The van der Waals surface area contributed by atoms with Crippen LogP contribution < -0.4 is 0 Å². The Morgan fingerprint density at radius 3 is 1.22 bits per heavy atom. The molecule has 0 unspecified atom stereocenters. The predicted octanol–water partition coefficient (Wildman–Crippen LogP) is 4.53. The summed E-state index contributed by atoms with van der Waals surface area (Å²) in [6, 6.07) is 0. The van der Waals surface area contributed by atoms with Gasteiger partial charge in [-0.3, -0.25) is 0 Å². The first kappa shape index (κ1) is 16.3. The van der Waals surface area contributed by atoms with E-state index in [1.807, 2.05) is 0 Å². The van der Waals surface area contributed by atoms with Gasteiger partial charge in [-0.2, -0.15) is 0 Å². The van der Waals surface area contributed by atoms with Gasteiger partial charge in [0.05, 0.1) is 0 Å². The third-order valence-electron chi connectivity index (χ3n) is 2.66. The average molecular weight is 282 g/mol. The van der Waals surface area contributed by atoms with Gasteiger partial charge in [0.1, 0.15) is 0 Å². The fraction of sp³-hybridized carbons (Fsp3) is 1.00. The van der Waals surface area contributed by atoms with Crippen molar-refractivity contribution in [2.24, 2.45) is 0 Å². The van der Waals surface area contributed by atoms with Crippen LogP contribution in [-0.4, -0.2) is 19.8 Å². The second kappa shape index (κ2) is 7.73. The van der Waals surface area contributed by atoms with E-state index < -0.39 is 7.74 Å². The molecule has 0 aromatic heterocycles. The molecule has 1 rings (SSSR count). The second-order valence-corrected chi connectivity index (χ2v) is 7.02. The van der Waals surface area contributed by atoms with E-state index in [2.05, 4.69) is 20.8 Å². The molecule has 1 aliphatic heterocycles. The standard InChI is InChI=1S/C12H27O5P/c1-4-7-10-13-18(16-17-18,14-11-8-5-2)15-12-9-6-3/h4-12H2,1-3H3. The summed E-state index contributed by atoms with van der Waals surface area (Å²) in [4.78, 5) is 0. The van der Waals surface area contributed by atoms with E-state index in [1.54, 1.807) is 0 Å². The molecular formula is C12H27O5P. The number of hydrogen-bond acceptors (Lipinski definition) is 5. The Morgan fingerprint density at radius 2 is 1.00 bits per heavy atom. The fourth-order valence-electron chi connectivity index (χ4n) is 1.36. The van der Waals surface area contributed by atoms with Crippen molar-refractivity contribution in [3.8, 4) is 0 Å². The van der Waals surface area contributed by atoms with Crippen LogP contribution in [0.3, 0.4) is 0 Å². The Bertz CT molecular complexity index is 199. The Labute approximate surface area is 110 Å². The van der Waals surface area contributed by atoms with Crippen LogP contribution in [-0.2, 0) is 22.9 Å². The summed E-state index contributed by atoms with van der Waals surface area (Å²) in [5.41, 5.74) is 0. The summed E-state index contributed by atoms with van der Waals surface area (Å²) in [5.74, 6) is 0. The first-order chi connectivity index (χ1) is 8.70. The minimum atomic E-state index is -3.59. The Balaban J connectivity index is 2.44. The van der Waals surface area contributed by atoms with Gasteiger partial charge in [-0.05, 0) is 0 Å². The summed E-state index contributed by atoms with van der Waals surface area (Å²) in [6.07, 6.45) is 5.99. The van der Waals surface area contributed by atoms with Gasteiger partial charge in [0.15, 0.2) is 0 Å². The maximum absolute atomic E-state index is 5.70. The van der Waals surface area contributed by atoms with Gasteiger partial charge in [0, 0.05) is 0 Å². The Kier molecular flexibility index (Phi) is 6.99. The van der Waals surface area contributed by atoms with Crippen LogP contribution in [0.1, 0.15) is 59.3 Å². The van der Waals surface area contributed by atoms with Crippen LogP contribution in [0, 0.1) is 0 Å². The zero-order valence-corrected chi connectivity index (χ0v) is 12.7. The van der Waals surface area contributed by atoms with E-state index in [4.69, 9.17) is 22.9 Å². The molecule has 0 amide bonds. The number of unbranched alkanes of at least 4 members (excludes halogenated alkanes) is 3. The molecule has 0 atom stereocenters. The van der Waals surface area contributed by atoms with Crippen molar-refractivity contribution in [3.05, 3.63) is 0 Å². The molecule has 0 radical (unpaired) electrons. The first-order valence-electron chi connectivity index (χ1n) is 7.07. The van der Waals surface area contributed by atoms with Crippen molar-refractivity contribution in [1.29, 1.82) is 0 Å². The van der Waals surface area contributed by atoms with Gasteiger partial charge >= 0.3 is 110 Å². The van der Waals surface area contributed by atoms with Crippen LogP contribution >= 0.6 is 7.74 Å². The molecule has 0 aromatic carbocycles. The third kappa shape index (κ3) is 4.72. The number of hydrogen-bond donors (Lipinski definition) is 0. The van der Waals surface area contributed by atoms with Crippen molar-refractivity contribution in [2.45, 2.75) is 59.3 Å². The molecule has 1 heterocycles. The molecular weight excluding hydrogens is 255 g/mol. The summed E-state index contributed by atoms with van der Waals surface area (Å²) in [6.45, 7) is 7.96. The SMILES string of the molecule is CCCCOP1(OCCCC)(OCCCC)OO1. The van der Waals surface area contributed by atoms with Gasteiger partial charge in [-0.1, -0.05) is 0 Å². The molecule has 110 valence electrons. The molecule has 0 spiro atoms. The summed E-state index contributed by atoms with van der Waals surface area (Å²) >= 11 is 0. The van der Waals surface area contributed by atoms with E-state index in [-0.39, 0.29) is 0 Å². The monoisotopic (exact) mass is 282 g/mol. The fourth-order valence-corrected chi connectivity index (χ4v) is 3.45. The molecule has 6 heteroatoms. The van der Waals surface area contributed by atoms with Crippen LogP contribution in [0.25, 0.3) is 0 Å². The van der Waals surface area contributed by atoms with E-state index in [0.717, 1.165) is 38.5 Å².